The predicted octanol–water partition coefficient (Wildman–Crippen LogP) is 3.13. The van der Waals surface area contributed by atoms with E-state index in [0.717, 1.165) is 47.8 Å². The van der Waals surface area contributed by atoms with Crippen molar-refractivity contribution in [3.63, 3.8) is 0 Å². The fourth-order valence-corrected chi connectivity index (χ4v) is 3.31. The molecule has 1 aliphatic rings. The first-order valence-electron chi connectivity index (χ1n) is 8.94. The molecule has 0 radical (unpaired) electrons. The van der Waals surface area contributed by atoms with Gasteiger partial charge in [-0.25, -0.2) is 4.79 Å². The summed E-state index contributed by atoms with van der Waals surface area (Å²) in [5.74, 6) is 1.03. The highest BCUT2D eigenvalue weighted by atomic mass is 16.5. The highest BCUT2D eigenvalue weighted by Crippen LogP contribution is 2.35. The second-order valence-corrected chi connectivity index (χ2v) is 7.16. The third-order valence-corrected chi connectivity index (χ3v) is 4.58. The zero-order chi connectivity index (χ0) is 18.0. The van der Waals surface area contributed by atoms with Crippen molar-refractivity contribution in [1.29, 1.82) is 0 Å². The number of hydrogen-bond acceptors (Lipinski definition) is 4. The van der Waals surface area contributed by atoms with Gasteiger partial charge in [-0.05, 0) is 61.8 Å². The average molecular weight is 343 g/mol. The van der Waals surface area contributed by atoms with Crippen molar-refractivity contribution in [3.05, 3.63) is 39.2 Å². The maximum Gasteiger partial charge on any atom is 0.339 e. The number of carbonyl (C=O) groups is 1. The number of carbonyl (C=O) groups excluding carboxylic acids is 1. The van der Waals surface area contributed by atoms with Crippen LogP contribution in [0.25, 0.3) is 11.0 Å². The molecule has 0 bridgehead atoms. The first-order valence-corrected chi connectivity index (χ1v) is 8.94. The highest BCUT2D eigenvalue weighted by Gasteiger charge is 2.22. The molecule has 0 atom stereocenters. The van der Waals surface area contributed by atoms with E-state index in [2.05, 4.69) is 19.2 Å². The summed E-state index contributed by atoms with van der Waals surface area (Å²) in [7, 11) is 0. The highest BCUT2D eigenvalue weighted by molar-refractivity contribution is 5.89. The minimum atomic E-state index is -0.247. The van der Waals surface area contributed by atoms with Gasteiger partial charge in [-0.3, -0.25) is 4.79 Å². The Bertz CT molecular complexity index is 851. The van der Waals surface area contributed by atoms with Gasteiger partial charge in [0.2, 0.25) is 0 Å². The van der Waals surface area contributed by atoms with Crippen LogP contribution >= 0.6 is 0 Å². The summed E-state index contributed by atoms with van der Waals surface area (Å²) < 4.78 is 11.3. The van der Waals surface area contributed by atoms with Crippen LogP contribution in [0.2, 0.25) is 0 Å². The summed E-state index contributed by atoms with van der Waals surface area (Å²) in [5, 5.41) is 3.71. The van der Waals surface area contributed by atoms with Gasteiger partial charge < -0.3 is 14.5 Å². The molecule has 1 aromatic carbocycles. The van der Waals surface area contributed by atoms with Crippen molar-refractivity contribution in [2.75, 3.05) is 13.2 Å². The molecule has 1 amide bonds. The van der Waals surface area contributed by atoms with Crippen LogP contribution in [0.5, 0.6) is 5.75 Å². The van der Waals surface area contributed by atoms with Gasteiger partial charge in [-0.15, -0.1) is 0 Å². The summed E-state index contributed by atoms with van der Waals surface area (Å²) in [4.78, 5) is 24.1. The van der Waals surface area contributed by atoms with E-state index in [1.165, 1.54) is 0 Å². The Kier molecular flexibility index (Phi) is 5.11. The van der Waals surface area contributed by atoms with Crippen molar-refractivity contribution >= 4 is 16.9 Å². The van der Waals surface area contributed by atoms with E-state index in [0.29, 0.717) is 23.8 Å². The Labute approximate surface area is 147 Å². The van der Waals surface area contributed by atoms with E-state index in [-0.39, 0.29) is 18.1 Å². The molecular formula is C20H25NO4. The number of aryl methyl sites for hydroxylation is 2. The Morgan fingerprint density at radius 1 is 1.28 bits per heavy atom. The zero-order valence-corrected chi connectivity index (χ0v) is 15.1. The molecule has 5 nitrogen and oxygen atoms in total. The van der Waals surface area contributed by atoms with E-state index < -0.39 is 0 Å². The molecule has 134 valence electrons. The third-order valence-electron chi connectivity index (χ3n) is 4.58. The topological polar surface area (TPSA) is 68.5 Å². The van der Waals surface area contributed by atoms with E-state index in [1.807, 2.05) is 19.1 Å². The largest absolute Gasteiger partial charge is 0.483 e. The maximum atomic E-state index is 12.1. The van der Waals surface area contributed by atoms with Crippen molar-refractivity contribution in [3.8, 4) is 5.75 Å². The summed E-state index contributed by atoms with van der Waals surface area (Å²) in [6.45, 7) is 6.78. The van der Waals surface area contributed by atoms with E-state index in [1.54, 1.807) is 0 Å². The van der Waals surface area contributed by atoms with Gasteiger partial charge in [0.25, 0.3) is 5.91 Å². The van der Waals surface area contributed by atoms with Crippen LogP contribution in [-0.4, -0.2) is 19.1 Å². The molecule has 3 rings (SSSR count). The van der Waals surface area contributed by atoms with E-state index >= 15 is 0 Å². The summed E-state index contributed by atoms with van der Waals surface area (Å²) in [6, 6.07) is 3.76. The predicted molar refractivity (Wildman–Crippen MR) is 97.2 cm³/mol. The van der Waals surface area contributed by atoms with Gasteiger partial charge in [0.15, 0.2) is 6.61 Å². The normalized spacial score (nSPS) is 13.3. The van der Waals surface area contributed by atoms with Crippen LogP contribution in [0, 0.1) is 12.8 Å². The molecule has 0 spiro atoms. The summed E-state index contributed by atoms with van der Waals surface area (Å²) in [6.07, 6.45) is 3.48. The Morgan fingerprint density at radius 3 is 2.80 bits per heavy atom. The monoisotopic (exact) mass is 343 g/mol. The van der Waals surface area contributed by atoms with Crippen molar-refractivity contribution in [1.82, 2.24) is 5.32 Å². The molecule has 5 heteroatoms. The SMILES string of the molecule is Cc1cc(OCC(=O)NCCC(C)C)c2c3c(c(=O)oc2c1)CCC3. The minimum Gasteiger partial charge on any atom is -0.483 e. The van der Waals surface area contributed by atoms with Crippen LogP contribution < -0.4 is 15.7 Å². The molecule has 2 aromatic rings. The van der Waals surface area contributed by atoms with Gasteiger partial charge in [0, 0.05) is 12.1 Å². The van der Waals surface area contributed by atoms with E-state index in [9.17, 15) is 9.59 Å². The fourth-order valence-electron chi connectivity index (χ4n) is 3.31. The van der Waals surface area contributed by atoms with E-state index in [4.69, 9.17) is 9.15 Å². The number of hydrogen-bond donors (Lipinski definition) is 1. The van der Waals surface area contributed by atoms with Gasteiger partial charge >= 0.3 is 5.63 Å². The number of nitrogens with one attached hydrogen (secondary N) is 1. The maximum absolute atomic E-state index is 12.1. The van der Waals surface area contributed by atoms with Crippen LogP contribution in [-0.2, 0) is 17.6 Å². The van der Waals surface area contributed by atoms with Gasteiger partial charge in [-0.1, -0.05) is 13.8 Å². The van der Waals surface area contributed by atoms with Gasteiger partial charge in [0.1, 0.15) is 11.3 Å². The first kappa shape index (κ1) is 17.5. The molecule has 0 fully saturated rings. The minimum absolute atomic E-state index is 0.0372. The lowest BCUT2D eigenvalue weighted by Crippen LogP contribution is -2.30. The molecule has 0 saturated heterocycles. The first-order chi connectivity index (χ1) is 12.0. The molecule has 1 aliphatic carbocycles. The molecule has 0 saturated carbocycles. The number of rotatable bonds is 6. The van der Waals surface area contributed by atoms with Crippen LogP contribution in [0.15, 0.2) is 21.3 Å². The summed E-state index contributed by atoms with van der Waals surface area (Å²) >= 11 is 0. The molecule has 1 aromatic heterocycles. The lowest BCUT2D eigenvalue weighted by atomic mass is 10.0. The molecule has 1 N–H and O–H groups in total. The van der Waals surface area contributed by atoms with Gasteiger partial charge in [-0.2, -0.15) is 0 Å². The van der Waals surface area contributed by atoms with Crippen molar-refractivity contribution in [2.45, 2.75) is 46.5 Å². The molecule has 1 heterocycles. The Balaban J connectivity index is 1.83. The fraction of sp³-hybridized carbons (Fsp3) is 0.500. The van der Waals surface area contributed by atoms with Crippen LogP contribution in [0.4, 0.5) is 0 Å². The number of amides is 1. The Morgan fingerprint density at radius 2 is 2.04 bits per heavy atom. The van der Waals surface area contributed by atoms with Crippen LogP contribution in [0.3, 0.4) is 0 Å². The third kappa shape index (κ3) is 3.86. The second kappa shape index (κ2) is 7.30. The number of fused-ring (bicyclic) bond motifs is 3. The molecular weight excluding hydrogens is 318 g/mol. The quantitative estimate of drug-likeness (QED) is 0.818. The zero-order valence-electron chi connectivity index (χ0n) is 15.1. The number of ether oxygens (including phenoxy) is 1. The second-order valence-electron chi connectivity index (χ2n) is 7.16. The smallest absolute Gasteiger partial charge is 0.339 e. The molecule has 25 heavy (non-hydrogen) atoms. The summed E-state index contributed by atoms with van der Waals surface area (Å²) in [5.41, 5.74) is 3.00. The molecule has 0 aliphatic heterocycles. The van der Waals surface area contributed by atoms with Crippen molar-refractivity contribution in [2.24, 2.45) is 5.92 Å². The lowest BCUT2D eigenvalue weighted by Gasteiger charge is -2.13. The van der Waals surface area contributed by atoms with Crippen LogP contribution in [0.1, 0.15) is 43.4 Å². The Hall–Kier alpha value is -2.30. The van der Waals surface area contributed by atoms with Crippen molar-refractivity contribution < 1.29 is 13.9 Å². The standard InChI is InChI=1S/C20H25NO4/c1-12(2)7-8-21-18(22)11-24-16-9-13(3)10-17-19(16)14-5-4-6-15(14)20(23)25-17/h9-10,12H,4-8,11H2,1-3H3,(H,21,22). The average Bonchev–Trinajstić information content (AvgIpc) is 3.02. The van der Waals surface area contributed by atoms with Gasteiger partial charge in [0.05, 0.1) is 5.39 Å². The molecule has 0 unspecified atom stereocenters. The lowest BCUT2D eigenvalue weighted by molar-refractivity contribution is -0.123. The number of benzene rings is 1.